The van der Waals surface area contributed by atoms with Gasteiger partial charge in [0, 0.05) is 12.6 Å². The summed E-state index contributed by atoms with van der Waals surface area (Å²) >= 11 is 0. The molecule has 0 radical (unpaired) electrons. The molecule has 1 atom stereocenters. The summed E-state index contributed by atoms with van der Waals surface area (Å²) in [5.74, 6) is -0.225. The van der Waals surface area contributed by atoms with Gasteiger partial charge in [-0.15, -0.1) is 0 Å². The van der Waals surface area contributed by atoms with Crippen LogP contribution in [0.5, 0.6) is 11.5 Å². The molecule has 1 saturated heterocycles. The summed E-state index contributed by atoms with van der Waals surface area (Å²) in [7, 11) is 0. The zero-order chi connectivity index (χ0) is 18.8. The Bertz CT molecular complexity index is 828. The predicted molar refractivity (Wildman–Crippen MR) is 104 cm³/mol. The molecule has 1 fully saturated rings. The highest BCUT2D eigenvalue weighted by Gasteiger charge is 2.37. The van der Waals surface area contributed by atoms with E-state index in [2.05, 4.69) is 6.92 Å². The monoisotopic (exact) mass is 353 g/mol. The second-order valence-electron chi connectivity index (χ2n) is 7.29. The molecule has 1 amide bonds. The van der Waals surface area contributed by atoms with Crippen LogP contribution in [0.4, 0.5) is 0 Å². The van der Waals surface area contributed by atoms with Crippen molar-refractivity contribution < 1.29 is 15.0 Å². The highest BCUT2D eigenvalue weighted by atomic mass is 16.3. The highest BCUT2D eigenvalue weighted by Crippen LogP contribution is 2.43. The molecular formula is C22H27NO3. The van der Waals surface area contributed by atoms with E-state index in [1.54, 1.807) is 11.0 Å². The lowest BCUT2D eigenvalue weighted by Gasteiger charge is -2.17. The third-order valence-electron chi connectivity index (χ3n) is 5.05. The molecule has 0 aromatic heterocycles. The lowest BCUT2D eigenvalue weighted by atomic mass is 9.92. The summed E-state index contributed by atoms with van der Waals surface area (Å²) in [6, 6.07) is 9.45. The predicted octanol–water partition coefficient (Wildman–Crippen LogP) is 4.65. The number of phenolic OH excluding ortho intramolecular Hbond substituents is 2. The quantitative estimate of drug-likeness (QED) is 0.587. The Labute approximate surface area is 155 Å². The maximum absolute atomic E-state index is 12.9. The second kappa shape index (κ2) is 7.40. The molecule has 3 rings (SSSR count). The molecule has 4 nitrogen and oxygen atoms in total. The number of phenols is 2. The van der Waals surface area contributed by atoms with Crippen molar-refractivity contribution in [3.8, 4) is 22.6 Å². The molecule has 2 aromatic carbocycles. The summed E-state index contributed by atoms with van der Waals surface area (Å²) < 4.78 is 0. The minimum absolute atomic E-state index is 0.0231. The van der Waals surface area contributed by atoms with Crippen molar-refractivity contribution in [3.05, 3.63) is 47.0 Å². The van der Waals surface area contributed by atoms with Crippen molar-refractivity contribution in [2.24, 2.45) is 0 Å². The number of carbonyl (C=O) groups excluding carboxylic acids is 1. The standard InChI is InChI=1S/C22H27NO3/c1-4-5-6-9-17-12-18(24)19(16-10-7-8-14(2)11-16)21(25)20(17)22(26)23-13-15(23)3/h7-8,10-12,15,24-25H,4-6,9,13H2,1-3H3/t15-,23?/m0/s1. The van der Waals surface area contributed by atoms with Crippen LogP contribution in [0, 0.1) is 6.92 Å². The van der Waals surface area contributed by atoms with Gasteiger partial charge in [-0.25, -0.2) is 0 Å². The Morgan fingerprint density at radius 3 is 2.58 bits per heavy atom. The number of aryl methyl sites for hydroxylation is 2. The van der Waals surface area contributed by atoms with E-state index in [0.717, 1.165) is 30.4 Å². The number of benzene rings is 2. The van der Waals surface area contributed by atoms with Crippen LogP contribution >= 0.6 is 0 Å². The maximum Gasteiger partial charge on any atom is 0.258 e. The first-order valence-corrected chi connectivity index (χ1v) is 9.39. The number of hydrogen-bond acceptors (Lipinski definition) is 3. The molecule has 0 bridgehead atoms. The van der Waals surface area contributed by atoms with Crippen LogP contribution in [-0.2, 0) is 6.42 Å². The molecule has 0 aliphatic carbocycles. The second-order valence-corrected chi connectivity index (χ2v) is 7.29. The van der Waals surface area contributed by atoms with Gasteiger partial charge in [-0.05, 0) is 43.9 Å². The maximum atomic E-state index is 12.9. The Kier molecular flexibility index (Phi) is 5.21. The Balaban J connectivity index is 2.10. The summed E-state index contributed by atoms with van der Waals surface area (Å²) in [6.07, 6.45) is 3.72. The largest absolute Gasteiger partial charge is 0.507 e. The summed E-state index contributed by atoms with van der Waals surface area (Å²) in [4.78, 5) is 14.7. The smallest absolute Gasteiger partial charge is 0.258 e. The van der Waals surface area contributed by atoms with E-state index in [1.165, 1.54) is 0 Å². The van der Waals surface area contributed by atoms with Crippen molar-refractivity contribution in [1.82, 2.24) is 4.90 Å². The third-order valence-corrected chi connectivity index (χ3v) is 5.05. The first-order chi connectivity index (χ1) is 12.4. The average Bonchev–Trinajstić information content (AvgIpc) is 3.31. The average molecular weight is 353 g/mol. The van der Waals surface area contributed by atoms with E-state index in [9.17, 15) is 15.0 Å². The van der Waals surface area contributed by atoms with Gasteiger partial charge in [0.05, 0.1) is 11.1 Å². The van der Waals surface area contributed by atoms with Crippen LogP contribution in [0.15, 0.2) is 30.3 Å². The molecule has 2 N–H and O–H groups in total. The number of amides is 1. The van der Waals surface area contributed by atoms with Gasteiger partial charge in [-0.1, -0.05) is 49.6 Å². The molecule has 4 heteroatoms. The topological polar surface area (TPSA) is 60.5 Å². The molecule has 0 unspecified atom stereocenters. The number of nitrogens with zero attached hydrogens (tertiary/aromatic N) is 1. The zero-order valence-electron chi connectivity index (χ0n) is 15.7. The van der Waals surface area contributed by atoms with Crippen LogP contribution in [0.3, 0.4) is 0 Å². The van der Waals surface area contributed by atoms with Gasteiger partial charge in [0.15, 0.2) is 0 Å². The van der Waals surface area contributed by atoms with Gasteiger partial charge in [0.1, 0.15) is 11.5 Å². The number of hydrogen-bond donors (Lipinski definition) is 2. The molecule has 1 aliphatic rings. The number of aromatic hydroxyl groups is 2. The van der Waals surface area contributed by atoms with Crippen LogP contribution in [0.25, 0.3) is 11.1 Å². The highest BCUT2D eigenvalue weighted by molar-refractivity contribution is 6.03. The fourth-order valence-corrected chi connectivity index (χ4v) is 3.46. The first-order valence-electron chi connectivity index (χ1n) is 9.39. The molecule has 1 heterocycles. The van der Waals surface area contributed by atoms with Crippen molar-refractivity contribution in [2.75, 3.05) is 6.54 Å². The number of carbonyl (C=O) groups is 1. The fraction of sp³-hybridized carbons (Fsp3) is 0.409. The molecule has 0 saturated carbocycles. The lowest BCUT2D eigenvalue weighted by molar-refractivity contribution is 0.0872. The Morgan fingerprint density at radius 2 is 1.96 bits per heavy atom. The third kappa shape index (κ3) is 3.55. The van der Waals surface area contributed by atoms with Crippen molar-refractivity contribution in [2.45, 2.75) is 52.5 Å². The van der Waals surface area contributed by atoms with Gasteiger partial charge < -0.3 is 15.1 Å². The lowest BCUT2D eigenvalue weighted by Crippen LogP contribution is -2.16. The Hall–Kier alpha value is -2.49. The van der Waals surface area contributed by atoms with E-state index in [4.69, 9.17) is 0 Å². The van der Waals surface area contributed by atoms with E-state index >= 15 is 0 Å². The molecule has 138 valence electrons. The normalized spacial score (nSPS) is 16.0. The fourth-order valence-electron chi connectivity index (χ4n) is 3.46. The molecule has 2 aromatic rings. The minimum Gasteiger partial charge on any atom is -0.507 e. The van der Waals surface area contributed by atoms with Crippen LogP contribution in [0.2, 0.25) is 0 Å². The van der Waals surface area contributed by atoms with E-state index in [0.29, 0.717) is 29.7 Å². The summed E-state index contributed by atoms with van der Waals surface area (Å²) in [5, 5.41) is 21.6. The van der Waals surface area contributed by atoms with Gasteiger partial charge >= 0.3 is 0 Å². The molecular weight excluding hydrogens is 326 g/mol. The Morgan fingerprint density at radius 1 is 1.23 bits per heavy atom. The van der Waals surface area contributed by atoms with Gasteiger partial charge in [-0.3, -0.25) is 4.79 Å². The van der Waals surface area contributed by atoms with Crippen molar-refractivity contribution in [3.63, 3.8) is 0 Å². The number of unbranched alkanes of at least 4 members (excludes halogenated alkanes) is 2. The first kappa shape index (κ1) is 18.3. The van der Waals surface area contributed by atoms with Crippen LogP contribution < -0.4 is 0 Å². The SMILES string of the molecule is CCCCCc1cc(O)c(-c2cccc(C)c2)c(O)c1C(=O)N1C[C@@H]1C. The molecule has 0 spiro atoms. The minimum atomic E-state index is -0.143. The number of rotatable bonds is 6. The van der Waals surface area contributed by atoms with E-state index in [-0.39, 0.29) is 23.4 Å². The van der Waals surface area contributed by atoms with Crippen LogP contribution in [-0.4, -0.2) is 33.6 Å². The summed E-state index contributed by atoms with van der Waals surface area (Å²) in [5.41, 5.74) is 3.16. The molecule has 26 heavy (non-hydrogen) atoms. The zero-order valence-corrected chi connectivity index (χ0v) is 15.7. The van der Waals surface area contributed by atoms with Gasteiger partial charge in [0.25, 0.3) is 5.91 Å². The van der Waals surface area contributed by atoms with E-state index < -0.39 is 0 Å². The van der Waals surface area contributed by atoms with E-state index in [1.807, 2.05) is 38.1 Å². The van der Waals surface area contributed by atoms with Gasteiger partial charge in [-0.2, -0.15) is 0 Å². The van der Waals surface area contributed by atoms with Crippen molar-refractivity contribution in [1.29, 1.82) is 0 Å². The van der Waals surface area contributed by atoms with Crippen LogP contribution in [0.1, 0.15) is 54.6 Å². The summed E-state index contributed by atoms with van der Waals surface area (Å²) in [6.45, 7) is 6.79. The molecule has 1 aliphatic heterocycles. The van der Waals surface area contributed by atoms with Gasteiger partial charge in [0.2, 0.25) is 0 Å². The van der Waals surface area contributed by atoms with Crippen molar-refractivity contribution >= 4 is 5.91 Å².